The fraction of sp³-hybridized carbons (Fsp3) is 0.878. The number of amides is 5. The average Bonchev–Trinajstić information content (AvgIpc) is 3.70. The molecule has 12 nitrogen and oxygen atoms in total. The van der Waals surface area contributed by atoms with E-state index in [2.05, 4.69) is 81.5 Å². The first-order valence-corrected chi connectivity index (χ1v) is 22.9. The Labute approximate surface area is 374 Å². The van der Waals surface area contributed by atoms with E-state index in [9.17, 15) is 28.8 Å². The molecule has 0 aromatic heterocycles. The fourth-order valence-electron chi connectivity index (χ4n) is 8.95. The molecule has 2 rings (SSSR count). The first-order valence-electron chi connectivity index (χ1n) is 22.9. The van der Waals surface area contributed by atoms with Gasteiger partial charge in [0.15, 0.2) is 0 Å². The average molecular weight is 870 g/mol. The van der Waals surface area contributed by atoms with Crippen LogP contribution in [0.15, 0.2) is 0 Å². The summed E-state index contributed by atoms with van der Waals surface area (Å²) in [5.74, 6) is 1.11. The molecule has 0 aromatic carbocycles. The van der Waals surface area contributed by atoms with Crippen molar-refractivity contribution in [3.8, 4) is 0 Å². The number of hydrogen-bond donors (Lipinski definition) is 6. The van der Waals surface area contributed by atoms with Gasteiger partial charge in [0.1, 0.15) is 0 Å². The van der Waals surface area contributed by atoms with Crippen LogP contribution in [0.3, 0.4) is 0 Å². The number of carboxylic acids is 1. The molecular formula is C49H99N5O7. The van der Waals surface area contributed by atoms with Gasteiger partial charge in [-0.25, -0.2) is 0 Å². The molecule has 0 heterocycles. The molecule has 3 unspecified atom stereocenters. The molecule has 3 atom stereocenters. The van der Waals surface area contributed by atoms with Gasteiger partial charge < -0.3 is 33.4 Å². The number of primary amides is 4. The lowest BCUT2D eigenvalue weighted by molar-refractivity contribution is -0.145. The summed E-state index contributed by atoms with van der Waals surface area (Å²) >= 11 is 0. The van der Waals surface area contributed by atoms with E-state index >= 15 is 0 Å². The summed E-state index contributed by atoms with van der Waals surface area (Å²) in [7, 11) is 1.70. The molecule has 0 spiro atoms. The Balaban J connectivity index is -0.000000320. The molecule has 0 radical (unpaired) electrons. The van der Waals surface area contributed by atoms with E-state index in [1.165, 1.54) is 0 Å². The van der Waals surface area contributed by atoms with E-state index < -0.39 is 5.97 Å². The van der Waals surface area contributed by atoms with E-state index in [1.807, 2.05) is 76.2 Å². The number of carbonyl (C=O) groups excluding carboxylic acids is 5. The Bertz CT molecular complexity index is 1250. The predicted molar refractivity (Wildman–Crippen MR) is 253 cm³/mol. The Morgan fingerprint density at radius 1 is 0.508 bits per heavy atom. The van der Waals surface area contributed by atoms with Crippen molar-refractivity contribution in [1.82, 2.24) is 5.32 Å². The number of rotatable bonds is 16. The maximum Gasteiger partial charge on any atom is 0.307 e. The summed E-state index contributed by atoms with van der Waals surface area (Å²) in [6.45, 7) is 45.1. The van der Waals surface area contributed by atoms with Crippen LogP contribution >= 0.6 is 0 Å². The smallest absolute Gasteiger partial charge is 0.307 e. The van der Waals surface area contributed by atoms with Gasteiger partial charge in [0.25, 0.3) is 0 Å². The second kappa shape index (κ2) is 27.8. The Hall–Kier alpha value is -3.18. The van der Waals surface area contributed by atoms with Crippen molar-refractivity contribution in [2.45, 2.75) is 178 Å². The van der Waals surface area contributed by atoms with Crippen molar-refractivity contribution in [3.63, 3.8) is 0 Å². The van der Waals surface area contributed by atoms with E-state index in [0.29, 0.717) is 23.7 Å². The second-order valence-corrected chi connectivity index (χ2v) is 21.4. The van der Waals surface area contributed by atoms with Gasteiger partial charge in [-0.1, -0.05) is 165 Å². The highest BCUT2D eigenvalue weighted by molar-refractivity contribution is 5.84. The zero-order valence-corrected chi connectivity index (χ0v) is 43.5. The number of carbonyl (C=O) groups is 6. The Morgan fingerprint density at radius 2 is 0.836 bits per heavy atom. The van der Waals surface area contributed by atoms with Gasteiger partial charge in [-0.05, 0) is 70.0 Å². The number of nitrogens with two attached hydrogens (primary N) is 4. The summed E-state index contributed by atoms with van der Waals surface area (Å²) in [6.07, 6.45) is 3.85. The molecular weight excluding hydrogens is 771 g/mol. The molecule has 5 amide bonds. The minimum atomic E-state index is -0.676. The van der Waals surface area contributed by atoms with Crippen LogP contribution < -0.4 is 28.3 Å². The molecule has 2 fully saturated rings. The van der Waals surface area contributed by atoms with Crippen molar-refractivity contribution in [3.05, 3.63) is 0 Å². The van der Waals surface area contributed by atoms with E-state index in [1.54, 1.807) is 7.05 Å². The van der Waals surface area contributed by atoms with Crippen molar-refractivity contribution in [2.75, 3.05) is 7.05 Å². The van der Waals surface area contributed by atoms with Crippen LogP contribution in [0.25, 0.3) is 0 Å². The predicted octanol–water partition coefficient (Wildman–Crippen LogP) is 9.06. The maximum atomic E-state index is 11.3. The van der Waals surface area contributed by atoms with E-state index in [0.717, 1.165) is 25.7 Å². The van der Waals surface area contributed by atoms with Crippen LogP contribution in [0.1, 0.15) is 178 Å². The van der Waals surface area contributed by atoms with Crippen LogP contribution in [0.2, 0.25) is 0 Å². The fourth-order valence-corrected chi connectivity index (χ4v) is 8.95. The summed E-state index contributed by atoms with van der Waals surface area (Å²) in [6, 6.07) is 0. The summed E-state index contributed by atoms with van der Waals surface area (Å²) in [4.78, 5) is 65.0. The minimum Gasteiger partial charge on any atom is -0.481 e. The molecule has 12 heteroatoms. The van der Waals surface area contributed by atoms with Crippen molar-refractivity contribution >= 4 is 35.5 Å². The topological polar surface area (TPSA) is 239 Å². The number of aliphatic carboxylic acids is 1. The first kappa shape index (κ1) is 64.4. The lowest BCUT2D eigenvalue weighted by Crippen LogP contribution is -2.31. The maximum absolute atomic E-state index is 11.3. The molecule has 10 N–H and O–H groups in total. The Kier molecular flexibility index (Phi) is 29.4. The third-order valence-corrected chi connectivity index (χ3v) is 14.2. The van der Waals surface area contributed by atoms with Gasteiger partial charge in [0.05, 0.1) is 5.92 Å². The van der Waals surface area contributed by atoms with Crippen molar-refractivity contribution < 1.29 is 33.9 Å². The van der Waals surface area contributed by atoms with Crippen LogP contribution in [0.5, 0.6) is 0 Å². The highest BCUT2D eigenvalue weighted by atomic mass is 16.4. The molecule has 2 saturated carbocycles. The molecule has 0 aliphatic heterocycles. The van der Waals surface area contributed by atoms with Crippen LogP contribution in [-0.2, 0) is 28.8 Å². The Morgan fingerprint density at radius 3 is 0.885 bits per heavy atom. The van der Waals surface area contributed by atoms with Crippen molar-refractivity contribution in [1.29, 1.82) is 0 Å². The molecule has 362 valence electrons. The summed E-state index contributed by atoms with van der Waals surface area (Å²) in [5, 5.41) is 11.4. The molecule has 0 bridgehead atoms. The molecule has 2 aliphatic rings. The number of nitrogens with one attached hydrogen (secondary N) is 1. The van der Waals surface area contributed by atoms with Gasteiger partial charge in [-0.3, -0.25) is 28.8 Å². The van der Waals surface area contributed by atoms with Crippen LogP contribution in [0, 0.1) is 92.7 Å². The largest absolute Gasteiger partial charge is 0.481 e. The monoisotopic (exact) mass is 870 g/mol. The summed E-state index contributed by atoms with van der Waals surface area (Å²) < 4.78 is 0. The highest BCUT2D eigenvalue weighted by Crippen LogP contribution is 2.68. The highest BCUT2D eigenvalue weighted by Gasteiger charge is 2.68. The third kappa shape index (κ3) is 20.3. The SMILES string of the molecule is CC(C)C(C(=O)O)C(C)C.CC(C)C(C(N)=O)C(C)C.CC1(C)C(C(N)=O)C1(C)C.CCC(C)C(CC)C(N)=O.CCCC(C(N)=O)C(C)C.CNC(=O)C1C(C)(C)C1(C)C. The van der Waals surface area contributed by atoms with Crippen LogP contribution in [-0.4, -0.2) is 47.7 Å². The van der Waals surface area contributed by atoms with E-state index in [4.69, 9.17) is 28.0 Å². The minimum absolute atomic E-state index is 0.0278. The second-order valence-electron chi connectivity index (χ2n) is 21.4. The van der Waals surface area contributed by atoms with Gasteiger partial charge in [-0.2, -0.15) is 0 Å². The molecule has 61 heavy (non-hydrogen) atoms. The molecule has 0 aromatic rings. The first-order chi connectivity index (χ1) is 27.3. The zero-order chi connectivity index (χ0) is 49.9. The van der Waals surface area contributed by atoms with Gasteiger partial charge in [0, 0.05) is 36.6 Å². The quantitative estimate of drug-likeness (QED) is 0.0879. The zero-order valence-electron chi connectivity index (χ0n) is 43.5. The number of carboxylic acid groups (broad SMARTS) is 1. The normalized spacial score (nSPS) is 18.0. The lowest BCUT2D eigenvalue weighted by atomic mass is 9.85. The number of hydrogen-bond acceptors (Lipinski definition) is 6. The third-order valence-electron chi connectivity index (χ3n) is 14.2. The van der Waals surface area contributed by atoms with E-state index in [-0.39, 0.29) is 98.5 Å². The van der Waals surface area contributed by atoms with Gasteiger partial charge >= 0.3 is 5.97 Å². The molecule has 0 saturated heterocycles. The summed E-state index contributed by atoms with van der Waals surface area (Å²) in [5.41, 5.74) is 21.3. The molecule has 2 aliphatic carbocycles. The van der Waals surface area contributed by atoms with Crippen LogP contribution in [0.4, 0.5) is 0 Å². The standard InChI is InChI=1S/C9H17NO.C8H15NO.3C8H17NO.C8H16O2/c1-8(2)6(7(11)10-5)9(8,3)4;1-7(2)5(6(9)10)8(7,3)4;1-5(2)7(6(3)4)8(9)10;1-4-5-7(6(2)3)8(9)10;1-4-6(3)7(5-2)8(9)10;1-5(2)7(6(3)4)8(9)10/h6H,1-5H3,(H,10,11);5H,1-4H3,(H2,9,10);5-7H,1-4H3,(H2,9,10);2*6-7H,4-5H2,1-3H3,(H2,9,10);5-7H,1-4H3,(H,9,10). The van der Waals surface area contributed by atoms with Crippen molar-refractivity contribution in [2.24, 2.45) is 116 Å². The van der Waals surface area contributed by atoms with Gasteiger partial charge in [-0.15, -0.1) is 0 Å². The lowest BCUT2D eigenvalue weighted by Gasteiger charge is -2.20. The van der Waals surface area contributed by atoms with Gasteiger partial charge in [0.2, 0.25) is 29.5 Å².